The van der Waals surface area contributed by atoms with Gasteiger partial charge in [0.25, 0.3) is 5.56 Å². The van der Waals surface area contributed by atoms with E-state index in [2.05, 4.69) is 10.4 Å². The highest BCUT2D eigenvalue weighted by Crippen LogP contribution is 1.97. The largest absolute Gasteiger partial charge is 0.315 e. The smallest absolute Gasteiger partial charge is 0.271 e. The van der Waals surface area contributed by atoms with Gasteiger partial charge in [-0.25, -0.2) is 0 Å². The van der Waals surface area contributed by atoms with Gasteiger partial charge >= 0.3 is 0 Å². The minimum atomic E-state index is 0.0874. The summed E-state index contributed by atoms with van der Waals surface area (Å²) in [5, 5.41) is 5.98. The van der Waals surface area contributed by atoms with Crippen LogP contribution in [0, 0.1) is 6.92 Å². The van der Waals surface area contributed by atoms with Gasteiger partial charge in [0.2, 0.25) is 0 Å². The molecule has 0 aliphatic carbocycles. The van der Waals surface area contributed by atoms with Gasteiger partial charge < -0.3 is 5.32 Å². The topological polar surface area (TPSA) is 49.8 Å². The van der Waals surface area contributed by atoms with Crippen LogP contribution in [0.5, 0.6) is 0 Å². The Balaban J connectivity index is 3.10. The highest BCUT2D eigenvalue weighted by Gasteiger charge is 2.07. The Bertz CT molecular complexity index is 311. The first-order chi connectivity index (χ1) is 5.70. The average Bonchev–Trinajstić information content (AvgIpc) is 2.32. The number of H-pyrrole nitrogens is 1. The summed E-state index contributed by atoms with van der Waals surface area (Å²) in [5.41, 5.74) is 1.87. The molecule has 0 fully saturated rings. The van der Waals surface area contributed by atoms with Crippen LogP contribution in [0.1, 0.15) is 18.2 Å². The van der Waals surface area contributed by atoms with Gasteiger partial charge in [-0.3, -0.25) is 14.6 Å². The molecule has 0 amide bonds. The molecule has 2 N–H and O–H groups in total. The van der Waals surface area contributed by atoms with Gasteiger partial charge in [0, 0.05) is 18.8 Å². The van der Waals surface area contributed by atoms with E-state index in [1.807, 2.05) is 20.9 Å². The minimum absolute atomic E-state index is 0.0874. The molecule has 0 spiro atoms. The van der Waals surface area contributed by atoms with Crippen LogP contribution >= 0.6 is 0 Å². The van der Waals surface area contributed by atoms with Crippen molar-refractivity contribution in [2.24, 2.45) is 0 Å². The zero-order chi connectivity index (χ0) is 9.14. The second kappa shape index (κ2) is 3.58. The molecule has 1 aromatic heterocycles. The third-order valence-corrected chi connectivity index (χ3v) is 1.93. The van der Waals surface area contributed by atoms with E-state index in [4.69, 9.17) is 0 Å². The van der Waals surface area contributed by atoms with Crippen LogP contribution in [-0.4, -0.2) is 16.8 Å². The number of aryl methyl sites for hydroxylation is 2. The molecule has 4 heteroatoms. The lowest BCUT2D eigenvalue weighted by Crippen LogP contribution is -2.20. The van der Waals surface area contributed by atoms with Gasteiger partial charge in [-0.1, -0.05) is 0 Å². The Hall–Kier alpha value is -1.03. The van der Waals surface area contributed by atoms with Crippen molar-refractivity contribution < 1.29 is 0 Å². The molecule has 0 unspecified atom stereocenters. The fourth-order valence-electron chi connectivity index (χ4n) is 1.25. The zero-order valence-corrected chi connectivity index (χ0v) is 7.77. The number of nitrogens with one attached hydrogen (secondary N) is 2. The minimum Gasteiger partial charge on any atom is -0.315 e. The van der Waals surface area contributed by atoms with E-state index in [9.17, 15) is 4.79 Å². The summed E-state index contributed by atoms with van der Waals surface area (Å²) in [5.74, 6) is 0. The highest BCUT2D eigenvalue weighted by atomic mass is 16.1. The summed E-state index contributed by atoms with van der Waals surface area (Å²) in [6, 6.07) is 0. The molecule has 0 saturated heterocycles. The fraction of sp³-hybridized carbons (Fsp3) is 0.625. The highest BCUT2D eigenvalue weighted by molar-refractivity contribution is 5.15. The first-order valence-electron chi connectivity index (χ1n) is 4.13. The molecule has 0 aliphatic rings. The SMILES string of the molecule is CCn1[nH]c(C)c(CNC)c1=O. The van der Waals surface area contributed by atoms with Crippen LogP contribution < -0.4 is 10.9 Å². The Kier molecular flexibility index (Phi) is 2.70. The first kappa shape index (κ1) is 9.06. The van der Waals surface area contributed by atoms with Gasteiger partial charge in [-0.05, 0) is 20.9 Å². The van der Waals surface area contributed by atoms with Gasteiger partial charge in [0.1, 0.15) is 0 Å². The summed E-state index contributed by atoms with van der Waals surface area (Å²) in [4.78, 5) is 11.5. The Morgan fingerprint density at radius 3 is 2.67 bits per heavy atom. The average molecular weight is 169 g/mol. The molecule has 68 valence electrons. The quantitative estimate of drug-likeness (QED) is 0.680. The molecule has 0 radical (unpaired) electrons. The van der Waals surface area contributed by atoms with Gasteiger partial charge in [-0.15, -0.1) is 0 Å². The molecule has 4 nitrogen and oxygen atoms in total. The third kappa shape index (κ3) is 1.43. The fourth-order valence-corrected chi connectivity index (χ4v) is 1.25. The lowest BCUT2D eigenvalue weighted by Gasteiger charge is -1.93. The van der Waals surface area contributed by atoms with Crippen LogP contribution in [0.15, 0.2) is 4.79 Å². The molecule has 0 bridgehead atoms. The summed E-state index contributed by atoms with van der Waals surface area (Å²) in [6.45, 7) is 5.19. The molecule has 12 heavy (non-hydrogen) atoms. The summed E-state index contributed by atoms with van der Waals surface area (Å²) >= 11 is 0. The van der Waals surface area contributed by atoms with Crippen molar-refractivity contribution in [3.8, 4) is 0 Å². The monoisotopic (exact) mass is 169 g/mol. The van der Waals surface area contributed by atoms with Crippen molar-refractivity contribution >= 4 is 0 Å². The predicted octanol–water partition coefficient (Wildman–Crippen LogP) is 0.224. The maximum absolute atomic E-state index is 11.5. The number of hydrogen-bond donors (Lipinski definition) is 2. The molecule has 0 aromatic carbocycles. The lowest BCUT2D eigenvalue weighted by molar-refractivity contribution is 0.631. The standard InChI is InChI=1S/C8H15N3O/c1-4-11-8(12)7(5-9-3)6(2)10-11/h9-10H,4-5H2,1-3H3. The summed E-state index contributed by atoms with van der Waals surface area (Å²) < 4.78 is 1.61. The van der Waals surface area contributed by atoms with E-state index in [1.165, 1.54) is 0 Å². The van der Waals surface area contributed by atoms with E-state index in [1.54, 1.807) is 4.68 Å². The number of rotatable bonds is 3. The van der Waals surface area contributed by atoms with Crippen LogP contribution in [0.25, 0.3) is 0 Å². The molecule has 1 rings (SSSR count). The van der Waals surface area contributed by atoms with Crippen molar-refractivity contribution in [1.29, 1.82) is 0 Å². The molecular formula is C8H15N3O. The van der Waals surface area contributed by atoms with Crippen LogP contribution in [0.4, 0.5) is 0 Å². The first-order valence-corrected chi connectivity index (χ1v) is 4.13. The van der Waals surface area contributed by atoms with E-state index in [-0.39, 0.29) is 5.56 Å². The number of aromatic amines is 1. The van der Waals surface area contributed by atoms with Crippen LogP contribution in [0.3, 0.4) is 0 Å². The molecule has 0 atom stereocenters. The molecule has 1 aromatic rings. The van der Waals surface area contributed by atoms with Crippen molar-refractivity contribution in [2.75, 3.05) is 7.05 Å². The summed E-state index contributed by atoms with van der Waals surface area (Å²) in [7, 11) is 1.84. The van der Waals surface area contributed by atoms with Crippen molar-refractivity contribution in [1.82, 2.24) is 15.1 Å². The molecule has 1 heterocycles. The Labute approximate surface area is 71.6 Å². The van der Waals surface area contributed by atoms with Crippen molar-refractivity contribution in [2.45, 2.75) is 26.9 Å². The normalized spacial score (nSPS) is 10.6. The Morgan fingerprint density at radius 1 is 1.58 bits per heavy atom. The zero-order valence-electron chi connectivity index (χ0n) is 7.77. The number of hydrogen-bond acceptors (Lipinski definition) is 2. The summed E-state index contributed by atoms with van der Waals surface area (Å²) in [6.07, 6.45) is 0. The van der Waals surface area contributed by atoms with Crippen LogP contribution in [-0.2, 0) is 13.1 Å². The second-order valence-electron chi connectivity index (χ2n) is 2.80. The Morgan fingerprint density at radius 2 is 2.25 bits per heavy atom. The van der Waals surface area contributed by atoms with Gasteiger partial charge in [0.15, 0.2) is 0 Å². The van der Waals surface area contributed by atoms with Crippen molar-refractivity contribution in [3.63, 3.8) is 0 Å². The molecule has 0 aliphatic heterocycles. The maximum Gasteiger partial charge on any atom is 0.271 e. The molecular weight excluding hydrogens is 154 g/mol. The maximum atomic E-state index is 11.5. The van der Waals surface area contributed by atoms with E-state index in [0.29, 0.717) is 13.1 Å². The van der Waals surface area contributed by atoms with E-state index >= 15 is 0 Å². The number of aromatic nitrogens is 2. The number of nitrogens with zero attached hydrogens (tertiary/aromatic N) is 1. The van der Waals surface area contributed by atoms with Crippen molar-refractivity contribution in [3.05, 3.63) is 21.6 Å². The lowest BCUT2D eigenvalue weighted by atomic mass is 10.2. The van der Waals surface area contributed by atoms with E-state index < -0.39 is 0 Å². The molecule has 0 saturated carbocycles. The second-order valence-corrected chi connectivity index (χ2v) is 2.80. The van der Waals surface area contributed by atoms with Gasteiger partial charge in [0.05, 0.1) is 5.56 Å². The van der Waals surface area contributed by atoms with Crippen LogP contribution in [0.2, 0.25) is 0 Å². The van der Waals surface area contributed by atoms with Gasteiger partial charge in [-0.2, -0.15) is 0 Å². The van der Waals surface area contributed by atoms with E-state index in [0.717, 1.165) is 11.3 Å². The predicted molar refractivity (Wildman–Crippen MR) is 48.2 cm³/mol. The third-order valence-electron chi connectivity index (χ3n) is 1.93.